The first kappa shape index (κ1) is 25.3. The maximum Gasteiger partial charge on any atom is 0.341 e. The number of nitrogens with one attached hydrogen (secondary N) is 1. The number of amides is 1. The number of ether oxygens (including phenoxy) is 1. The van der Waals surface area contributed by atoms with Crippen LogP contribution in [0.2, 0.25) is 0 Å². The second-order valence-corrected chi connectivity index (χ2v) is 9.63. The van der Waals surface area contributed by atoms with E-state index in [2.05, 4.69) is 10.2 Å². The molecule has 0 unspecified atom stereocenters. The van der Waals surface area contributed by atoms with Gasteiger partial charge < -0.3 is 15.0 Å². The summed E-state index contributed by atoms with van der Waals surface area (Å²) >= 11 is 1.31. The molecule has 10 heteroatoms. The number of esters is 1. The van der Waals surface area contributed by atoms with Gasteiger partial charge in [0.1, 0.15) is 10.6 Å². The summed E-state index contributed by atoms with van der Waals surface area (Å²) in [5.41, 5.74) is 5.16. The molecule has 0 saturated carbocycles. The van der Waals surface area contributed by atoms with Crippen molar-refractivity contribution < 1.29 is 19.2 Å². The number of nitro groups is 1. The second kappa shape index (κ2) is 10.9. The lowest BCUT2D eigenvalue weighted by Gasteiger charge is -2.35. The van der Waals surface area contributed by atoms with Gasteiger partial charge in [-0.05, 0) is 37.1 Å². The van der Waals surface area contributed by atoms with E-state index in [0.717, 1.165) is 27.9 Å². The fraction of sp³-hybridized carbons (Fsp3) is 0.308. The van der Waals surface area contributed by atoms with Crippen LogP contribution in [0.15, 0.2) is 47.8 Å². The minimum atomic E-state index is -0.487. The number of hydrogen-bond acceptors (Lipinski definition) is 8. The van der Waals surface area contributed by atoms with E-state index in [-0.39, 0.29) is 18.1 Å². The first-order chi connectivity index (χ1) is 17.3. The van der Waals surface area contributed by atoms with E-state index in [1.807, 2.05) is 42.3 Å². The smallest absolute Gasteiger partial charge is 0.341 e. The number of benzene rings is 2. The predicted molar refractivity (Wildman–Crippen MR) is 141 cm³/mol. The van der Waals surface area contributed by atoms with Crippen LogP contribution in [0.4, 0.5) is 16.4 Å². The molecular weight excluding hydrogens is 480 g/mol. The van der Waals surface area contributed by atoms with Crippen LogP contribution in [0.5, 0.6) is 0 Å². The minimum absolute atomic E-state index is 0.0645. The van der Waals surface area contributed by atoms with Crippen molar-refractivity contribution in [3.63, 3.8) is 0 Å². The Bertz CT molecular complexity index is 1280. The third kappa shape index (κ3) is 5.55. The Balaban J connectivity index is 1.41. The molecule has 0 radical (unpaired) electrons. The van der Waals surface area contributed by atoms with Crippen LogP contribution in [0.25, 0.3) is 11.1 Å². The van der Waals surface area contributed by atoms with E-state index in [1.165, 1.54) is 30.6 Å². The van der Waals surface area contributed by atoms with E-state index in [1.54, 1.807) is 12.1 Å². The molecule has 4 rings (SSSR count). The lowest BCUT2D eigenvalue weighted by Crippen LogP contribution is -2.48. The number of thiophene rings is 1. The van der Waals surface area contributed by atoms with Gasteiger partial charge in [-0.2, -0.15) is 0 Å². The van der Waals surface area contributed by atoms with Gasteiger partial charge in [-0.1, -0.05) is 23.8 Å². The Labute approximate surface area is 213 Å². The molecule has 1 aliphatic heterocycles. The Kier molecular flexibility index (Phi) is 7.66. The van der Waals surface area contributed by atoms with Crippen LogP contribution >= 0.6 is 11.3 Å². The Morgan fingerprint density at radius 2 is 1.75 bits per heavy atom. The minimum Gasteiger partial charge on any atom is -0.465 e. The van der Waals surface area contributed by atoms with Crippen molar-refractivity contribution in [2.24, 2.45) is 0 Å². The predicted octanol–water partition coefficient (Wildman–Crippen LogP) is 4.49. The van der Waals surface area contributed by atoms with Crippen LogP contribution in [0.3, 0.4) is 0 Å². The summed E-state index contributed by atoms with van der Waals surface area (Å²) in [5, 5.41) is 16.1. The average Bonchev–Trinajstić information content (AvgIpc) is 3.28. The zero-order valence-electron chi connectivity index (χ0n) is 20.4. The van der Waals surface area contributed by atoms with Crippen molar-refractivity contribution in [1.29, 1.82) is 0 Å². The molecule has 1 amide bonds. The van der Waals surface area contributed by atoms with Crippen LogP contribution in [0, 0.1) is 24.0 Å². The van der Waals surface area contributed by atoms with Gasteiger partial charge in [0, 0.05) is 54.9 Å². The molecule has 36 heavy (non-hydrogen) atoms. The molecule has 2 aromatic carbocycles. The van der Waals surface area contributed by atoms with Gasteiger partial charge in [0.05, 0.1) is 18.6 Å². The van der Waals surface area contributed by atoms with Gasteiger partial charge in [-0.25, -0.2) is 4.79 Å². The van der Waals surface area contributed by atoms with E-state index < -0.39 is 10.9 Å². The zero-order chi connectivity index (χ0) is 25.8. The van der Waals surface area contributed by atoms with Crippen molar-refractivity contribution in [3.05, 3.63) is 74.6 Å². The molecular formula is C26H28N4O5S. The quantitative estimate of drug-likeness (QED) is 0.285. The van der Waals surface area contributed by atoms with E-state index >= 15 is 0 Å². The van der Waals surface area contributed by atoms with Crippen molar-refractivity contribution in [3.8, 4) is 11.1 Å². The number of aryl methyl sites for hydroxylation is 2. The fourth-order valence-electron chi connectivity index (χ4n) is 4.30. The SMILES string of the molecule is COC(=O)c1c(-c2cc(C)ccc2C)csc1NC(=O)CN1CCN(c2ccc([N+](=O)[O-])cc2)CC1. The summed E-state index contributed by atoms with van der Waals surface area (Å²) < 4.78 is 5.04. The van der Waals surface area contributed by atoms with Crippen molar-refractivity contribution >= 4 is 39.6 Å². The standard InChI is InChI=1S/C26H28N4O5S/c1-17-4-5-18(2)21(14-17)22-16-36-25(24(22)26(32)35-3)27-23(31)15-28-10-12-29(13-11-28)19-6-8-20(9-7-19)30(33)34/h4-9,14,16H,10-13,15H2,1-3H3,(H,27,31). The average molecular weight is 509 g/mol. The third-order valence-corrected chi connectivity index (χ3v) is 7.18. The normalized spacial score (nSPS) is 13.9. The van der Waals surface area contributed by atoms with Gasteiger partial charge >= 0.3 is 5.97 Å². The van der Waals surface area contributed by atoms with E-state index in [9.17, 15) is 19.7 Å². The summed E-state index contributed by atoms with van der Waals surface area (Å²) in [4.78, 5) is 40.2. The highest BCUT2D eigenvalue weighted by Gasteiger charge is 2.25. The Hall–Kier alpha value is -3.76. The first-order valence-electron chi connectivity index (χ1n) is 11.6. The van der Waals surface area contributed by atoms with E-state index in [0.29, 0.717) is 36.7 Å². The molecule has 2 heterocycles. The molecule has 0 spiro atoms. The Morgan fingerprint density at radius 3 is 2.39 bits per heavy atom. The largest absolute Gasteiger partial charge is 0.465 e. The molecule has 3 aromatic rings. The highest BCUT2D eigenvalue weighted by molar-refractivity contribution is 7.15. The van der Waals surface area contributed by atoms with Crippen LogP contribution in [-0.4, -0.2) is 61.5 Å². The van der Waals surface area contributed by atoms with Crippen LogP contribution in [0.1, 0.15) is 21.5 Å². The molecule has 1 aliphatic rings. The molecule has 1 N–H and O–H groups in total. The van der Waals surface area contributed by atoms with Crippen molar-refractivity contribution in [2.75, 3.05) is 50.1 Å². The molecule has 0 bridgehead atoms. The number of carbonyl (C=O) groups is 2. The summed E-state index contributed by atoms with van der Waals surface area (Å²) in [6.07, 6.45) is 0. The number of non-ortho nitro benzene ring substituents is 1. The van der Waals surface area contributed by atoms with Crippen molar-refractivity contribution in [1.82, 2.24) is 4.90 Å². The number of methoxy groups -OCH3 is 1. The number of carbonyl (C=O) groups excluding carboxylic acids is 2. The molecule has 0 atom stereocenters. The highest BCUT2D eigenvalue weighted by atomic mass is 32.1. The van der Waals surface area contributed by atoms with Crippen molar-refractivity contribution in [2.45, 2.75) is 13.8 Å². The lowest BCUT2D eigenvalue weighted by molar-refractivity contribution is -0.384. The zero-order valence-corrected chi connectivity index (χ0v) is 21.3. The fourth-order valence-corrected chi connectivity index (χ4v) is 5.26. The number of nitro benzene ring substituents is 1. The molecule has 1 aromatic heterocycles. The van der Waals surface area contributed by atoms with Gasteiger partial charge in [0.25, 0.3) is 5.69 Å². The number of anilines is 2. The van der Waals surface area contributed by atoms with Crippen LogP contribution in [-0.2, 0) is 9.53 Å². The molecule has 1 saturated heterocycles. The number of rotatable bonds is 7. The molecule has 188 valence electrons. The number of nitrogens with zero attached hydrogens (tertiary/aromatic N) is 3. The van der Waals surface area contributed by atoms with Gasteiger partial charge in [-0.15, -0.1) is 11.3 Å². The summed E-state index contributed by atoms with van der Waals surface area (Å²) in [5.74, 6) is -0.683. The topological polar surface area (TPSA) is 105 Å². The first-order valence-corrected chi connectivity index (χ1v) is 12.4. The number of hydrogen-bond donors (Lipinski definition) is 1. The molecule has 0 aliphatic carbocycles. The second-order valence-electron chi connectivity index (χ2n) is 8.75. The molecule has 1 fully saturated rings. The van der Waals surface area contributed by atoms with Gasteiger partial charge in [-0.3, -0.25) is 19.8 Å². The third-order valence-electron chi connectivity index (χ3n) is 6.28. The Morgan fingerprint density at radius 1 is 1.06 bits per heavy atom. The molecule has 9 nitrogen and oxygen atoms in total. The lowest BCUT2D eigenvalue weighted by atomic mass is 9.97. The maximum absolute atomic E-state index is 12.9. The van der Waals surface area contributed by atoms with Gasteiger partial charge in [0.15, 0.2) is 0 Å². The van der Waals surface area contributed by atoms with E-state index in [4.69, 9.17) is 4.74 Å². The summed E-state index contributed by atoms with van der Waals surface area (Å²) in [6.45, 7) is 6.94. The van der Waals surface area contributed by atoms with Gasteiger partial charge in [0.2, 0.25) is 5.91 Å². The highest BCUT2D eigenvalue weighted by Crippen LogP contribution is 2.38. The van der Waals surface area contributed by atoms with Crippen LogP contribution < -0.4 is 10.2 Å². The summed E-state index contributed by atoms with van der Waals surface area (Å²) in [7, 11) is 1.34. The number of piperazine rings is 1. The maximum atomic E-state index is 12.9. The summed E-state index contributed by atoms with van der Waals surface area (Å²) in [6, 6.07) is 12.6. The monoisotopic (exact) mass is 508 g/mol.